The number of nitrogens with zero attached hydrogens (tertiary/aromatic N) is 18. The van der Waals surface area contributed by atoms with Crippen LogP contribution in [0.15, 0.2) is 247 Å². The second kappa shape index (κ2) is 60.5. The number of imidazole rings is 9. The first-order valence-corrected chi connectivity index (χ1v) is 55.4. The first-order valence-electron chi connectivity index (χ1n) is 55.4. The zero-order valence-corrected chi connectivity index (χ0v) is 93.5. The van der Waals surface area contributed by atoms with E-state index >= 15 is 0 Å². The summed E-state index contributed by atoms with van der Waals surface area (Å²) in [6.07, 6.45) is 87.9. The molecule has 5 aliphatic rings. The van der Waals surface area contributed by atoms with Gasteiger partial charge in [0.05, 0.1) is 93.6 Å². The molecule has 19 heteroatoms. The lowest BCUT2D eigenvalue weighted by Crippen LogP contribution is -2.37. The Kier molecular flexibility index (Phi) is 49.2. The van der Waals surface area contributed by atoms with E-state index in [0.29, 0.717) is 17.8 Å². The highest BCUT2D eigenvalue weighted by Gasteiger charge is 2.31. The van der Waals surface area contributed by atoms with E-state index in [-0.39, 0.29) is 0 Å². The molecule has 19 nitrogen and oxygen atoms in total. The van der Waals surface area contributed by atoms with Crippen molar-refractivity contribution >= 4 is 6.21 Å². The minimum atomic E-state index is 0.554. The lowest BCUT2D eigenvalue weighted by atomic mass is 9.77. The maximum atomic E-state index is 3.10. The monoisotopic (exact) mass is 1930 g/mol. The van der Waals surface area contributed by atoms with Crippen molar-refractivity contribution in [3.63, 3.8) is 0 Å². The Morgan fingerprint density at radius 3 is 1.13 bits per heavy atom. The molecule has 4 saturated carbocycles. The quantitative estimate of drug-likeness (QED) is 0.0397. The van der Waals surface area contributed by atoms with Crippen LogP contribution < -0.4 is 41.1 Å². The molecule has 1 N–H and O–H groups in total. The van der Waals surface area contributed by atoms with E-state index in [1.165, 1.54) is 168 Å². The van der Waals surface area contributed by atoms with Gasteiger partial charge in [0.1, 0.15) is 137 Å². The fourth-order valence-electron chi connectivity index (χ4n) is 20.4. The van der Waals surface area contributed by atoms with Gasteiger partial charge in [-0.15, -0.1) is 0 Å². The molecule has 0 spiro atoms. The van der Waals surface area contributed by atoms with Crippen LogP contribution in [-0.2, 0) is 120 Å². The zero-order chi connectivity index (χ0) is 102. The van der Waals surface area contributed by atoms with Crippen molar-refractivity contribution in [2.75, 3.05) is 0 Å². The lowest BCUT2D eigenvalue weighted by molar-refractivity contribution is -0.703. The average molecular weight is 1930 g/mol. The molecule has 4 aliphatic carbocycles. The Labute approximate surface area is 856 Å². The topological polar surface area (TPSA) is 93.2 Å². The van der Waals surface area contributed by atoms with Gasteiger partial charge in [-0.25, -0.2) is 82.2 Å². The number of allylic oxidation sites excluding steroid dienone is 1. The number of aromatic nitrogens is 18. The van der Waals surface area contributed by atoms with E-state index in [0.717, 1.165) is 155 Å². The number of hydrogen-bond donors (Lipinski definition) is 1. The summed E-state index contributed by atoms with van der Waals surface area (Å²) in [7, 11) is 8.26. The second-order valence-corrected chi connectivity index (χ2v) is 45.5. The first kappa shape index (κ1) is 115. The van der Waals surface area contributed by atoms with Crippen LogP contribution in [0.25, 0.3) is 0 Å². The molecule has 0 radical (unpaired) electrons. The highest BCUT2D eigenvalue weighted by Crippen LogP contribution is 2.39. The van der Waals surface area contributed by atoms with Gasteiger partial charge in [-0.2, -0.15) is 0 Å². The maximum absolute atomic E-state index is 3.10. The van der Waals surface area contributed by atoms with Gasteiger partial charge in [-0.05, 0) is 283 Å². The van der Waals surface area contributed by atoms with Gasteiger partial charge in [0, 0.05) is 12.0 Å². The number of aromatic amines is 1. The van der Waals surface area contributed by atoms with Gasteiger partial charge < -0.3 is 0 Å². The van der Waals surface area contributed by atoms with Gasteiger partial charge in [0.15, 0.2) is 12.7 Å². The SMILES string of the molecule is CC(C)C1CCC(Cn2cc[n+](C)c2)C1.CC(C)C1CCC(Cn2cc[n+](C)c2)CC1.CC(C)CCn1cc[n+](C)c1.CC(C)c1cc(C[N+]2=CCC=C2)cc(C[n+]2cc[nH]c2)c1.CC(C)c1ccc(Cn2cc[n+](C)c2)cc1.CCn1cc[n+](CC2CCC(C(C)C)C2)c1.CCn1cc[n+](CC2CCC(C(C)C)CC2)c1.CCn1cc[n+](CCC(C)C)c1.CCn1cc[n+](Cc2ccc(C(C)C)cc2)c1. The molecular formula is C122H199N19+10. The number of hydrogen-bond acceptors (Lipinski definition) is 0. The van der Waals surface area contributed by atoms with Crippen LogP contribution in [0.4, 0.5) is 0 Å². The van der Waals surface area contributed by atoms with Crippen LogP contribution in [0.1, 0.15) is 318 Å². The highest BCUT2D eigenvalue weighted by atomic mass is 15.2. The molecule has 9 aromatic heterocycles. The minimum Gasteiger partial charge on any atom is -0.250 e. The van der Waals surface area contributed by atoms with Crippen molar-refractivity contribution < 1.29 is 45.7 Å². The predicted molar refractivity (Wildman–Crippen MR) is 578 cm³/mol. The molecule has 3 aromatic carbocycles. The van der Waals surface area contributed by atoms with Crippen molar-refractivity contribution in [1.29, 1.82) is 0 Å². The van der Waals surface area contributed by atoms with Crippen molar-refractivity contribution in [3.05, 3.63) is 286 Å². The van der Waals surface area contributed by atoms with Crippen LogP contribution in [0.5, 0.6) is 0 Å². The number of H-pyrrole nitrogens is 1. The third-order valence-electron chi connectivity index (χ3n) is 30.1. The molecule has 10 heterocycles. The van der Waals surface area contributed by atoms with E-state index in [1.54, 1.807) is 0 Å². The molecule has 0 bridgehead atoms. The molecular weight excluding hydrogens is 1730 g/mol. The number of rotatable bonds is 33. The molecule has 1 aliphatic heterocycles. The smallest absolute Gasteiger partial charge is 0.244 e. The molecule has 17 rings (SSSR count). The largest absolute Gasteiger partial charge is 0.250 e. The minimum absolute atomic E-state index is 0.554. The Morgan fingerprint density at radius 2 is 0.709 bits per heavy atom. The number of nitrogens with one attached hydrogen (secondary N) is 1. The van der Waals surface area contributed by atoms with Crippen molar-refractivity contribution in [2.24, 2.45) is 111 Å². The molecule has 12 aromatic rings. The fourth-order valence-corrected chi connectivity index (χ4v) is 20.4. The predicted octanol–water partition coefficient (Wildman–Crippen LogP) is 22.9. The Hall–Kier alpha value is -10.0. The summed E-state index contributed by atoms with van der Waals surface area (Å²) >= 11 is 0. The Morgan fingerprint density at radius 1 is 0.326 bits per heavy atom. The van der Waals surface area contributed by atoms with Gasteiger partial charge >= 0.3 is 0 Å². The molecule has 0 saturated heterocycles. The number of aryl methyl sites for hydroxylation is 10. The third-order valence-corrected chi connectivity index (χ3v) is 30.1. The normalized spacial score (nSPS) is 18.2. The molecule has 4 unspecified atom stereocenters. The molecule has 772 valence electrons. The van der Waals surface area contributed by atoms with Crippen molar-refractivity contribution in [2.45, 2.75) is 371 Å². The lowest BCUT2D eigenvalue weighted by Gasteiger charge is -2.29. The Bertz CT molecular complexity index is 5380. The summed E-state index contributed by atoms with van der Waals surface area (Å²) in [4.78, 5) is 3.10. The third kappa shape index (κ3) is 42.4. The average Bonchev–Trinajstić information content (AvgIpc) is 1.84. The second-order valence-electron chi connectivity index (χ2n) is 45.5. The summed E-state index contributed by atoms with van der Waals surface area (Å²) in [6.45, 7) is 65.3. The van der Waals surface area contributed by atoms with E-state index in [9.17, 15) is 0 Å². The van der Waals surface area contributed by atoms with Crippen LogP contribution in [0, 0.1) is 82.9 Å². The van der Waals surface area contributed by atoms with Crippen LogP contribution >= 0.6 is 0 Å². The summed E-state index contributed by atoms with van der Waals surface area (Å²) < 4.78 is 39.9. The summed E-state index contributed by atoms with van der Waals surface area (Å²) in [5.74, 6) is 14.4. The summed E-state index contributed by atoms with van der Waals surface area (Å²) in [5, 5.41) is 0. The molecule has 0 amide bonds. The van der Waals surface area contributed by atoms with E-state index in [1.807, 2.05) is 26.6 Å². The number of benzene rings is 3. The van der Waals surface area contributed by atoms with Gasteiger partial charge in [-0.1, -0.05) is 179 Å². The molecule has 4 atom stereocenters. The van der Waals surface area contributed by atoms with E-state index < -0.39 is 0 Å². The molecule has 4 fully saturated rings. The molecule has 141 heavy (non-hydrogen) atoms. The van der Waals surface area contributed by atoms with Gasteiger partial charge in [0.2, 0.25) is 56.9 Å². The first-order chi connectivity index (χ1) is 67.6. The van der Waals surface area contributed by atoms with Crippen molar-refractivity contribution in [1.82, 2.24) is 41.5 Å². The summed E-state index contributed by atoms with van der Waals surface area (Å²) in [6, 6.07) is 24.8. The van der Waals surface area contributed by atoms with Crippen LogP contribution in [0.2, 0.25) is 0 Å². The van der Waals surface area contributed by atoms with Crippen LogP contribution in [0.3, 0.4) is 0 Å². The van der Waals surface area contributed by atoms with Crippen molar-refractivity contribution in [3.8, 4) is 0 Å². The van der Waals surface area contributed by atoms with Gasteiger partial charge in [0.25, 0.3) is 0 Å². The standard InChI is InChI=1S/C18H22N3.C15H27N2.C15H21N2.C14H25N2.C14H19N2.C14H25N2.C13H23N2.C10H19N2.C9H17N2/c1-15(2)18-10-16(12-20-6-3-4-7-20)9-17(11-18)13-21-8-5-19-14-21;2*1-4-16-9-10-17(12-16)11-14-5-7-15(8-6-14)13(2)3;2*1-12(2)14-6-4-13(5-7-14)10-16-9-8-15(3)11-16;1-4-15-7-8-16(11-15)10-13-5-6-14(9-13)12(2)3;1-11(2)13-5-4-12(8-13)9-15-7-6-14(3)10-15;1-4-11-7-8-12(9-11)6-5-10(2)3;1-9(2)4-5-11-7-6-10(3)8-11/h3,5-11,14-15H,4,12-13H2,1-2H3;9-10,12-15H,4-8,11H2,1-3H3;5-10,12-13H,4,11H2,1-3H3;8-9,11-14H,4-7,10H2,1-3H3;4-9,11-12H,10H2,1-3H3;7-8,11-14H,4-6,9-10H2,1-3H3;6-7,10-13H,4-5,8-9H2,1-3H3;7-10H,4-6H2,1-3H3;6-9H,4-5H2,1-3H3/q9*+1/p+1. The van der Waals surface area contributed by atoms with Crippen LogP contribution in [-0.4, -0.2) is 52.3 Å². The van der Waals surface area contributed by atoms with E-state index in [2.05, 4.69) is 495 Å². The Balaban J connectivity index is 0.000000178. The maximum Gasteiger partial charge on any atom is 0.244 e. The summed E-state index contributed by atoms with van der Waals surface area (Å²) in [5.41, 5.74) is 9.68. The van der Waals surface area contributed by atoms with Gasteiger partial charge in [-0.3, -0.25) is 4.98 Å². The van der Waals surface area contributed by atoms with E-state index in [4.69, 9.17) is 0 Å². The zero-order valence-electron chi connectivity index (χ0n) is 93.5. The fraction of sp³-hybridized carbons (Fsp3) is 0.607. The highest BCUT2D eigenvalue weighted by molar-refractivity contribution is 5.56.